The fourth-order valence-corrected chi connectivity index (χ4v) is 5.60. The van der Waals surface area contributed by atoms with Crippen LogP contribution in [-0.4, -0.2) is 35.9 Å². The van der Waals surface area contributed by atoms with Crippen LogP contribution in [0, 0.1) is 26.7 Å². The number of rotatable bonds is 9. The van der Waals surface area contributed by atoms with Gasteiger partial charge in [0.15, 0.2) is 5.78 Å². The number of nitrogens with one attached hydrogen (secondary N) is 2. The molecule has 30 heavy (non-hydrogen) atoms. The quantitative estimate of drug-likeness (QED) is 0.542. The molecule has 1 aliphatic heterocycles. The van der Waals surface area contributed by atoms with E-state index in [2.05, 4.69) is 42.7 Å². The number of carbonyl (C=O) groups is 1. The van der Waals surface area contributed by atoms with Gasteiger partial charge in [0.05, 0.1) is 16.6 Å². The topological polar surface area (TPSA) is 54.0 Å². The average Bonchev–Trinajstić information content (AvgIpc) is 3.49. The van der Waals surface area contributed by atoms with Crippen molar-refractivity contribution in [3.63, 3.8) is 0 Å². The minimum Gasteiger partial charge on any atom is -0.317 e. The van der Waals surface area contributed by atoms with E-state index in [1.54, 1.807) is 11.3 Å². The van der Waals surface area contributed by atoms with Crippen molar-refractivity contribution in [2.75, 3.05) is 13.1 Å². The first-order chi connectivity index (χ1) is 14.5. The van der Waals surface area contributed by atoms with Crippen LogP contribution in [0.4, 0.5) is 0 Å². The third-order valence-corrected chi connectivity index (χ3v) is 7.96. The highest BCUT2D eigenvalue weighted by Crippen LogP contribution is 2.35. The highest BCUT2D eigenvalue weighted by atomic mass is 32.1. The van der Waals surface area contributed by atoms with Crippen LogP contribution in [-0.2, 0) is 0 Å². The van der Waals surface area contributed by atoms with Gasteiger partial charge in [-0.25, -0.2) is 4.98 Å². The minimum absolute atomic E-state index is 0.0857. The number of nitrogens with zero attached hydrogens (tertiary/aromatic N) is 1. The fraction of sp³-hybridized carbons (Fsp3) is 0.600. The molecule has 4 nitrogen and oxygen atoms in total. The molecule has 2 aliphatic rings. The number of benzene rings is 1. The maximum Gasteiger partial charge on any atom is 0.191 e. The molecule has 0 amide bonds. The van der Waals surface area contributed by atoms with Crippen molar-refractivity contribution in [1.29, 1.82) is 0 Å². The zero-order chi connectivity index (χ0) is 21.1. The lowest BCUT2D eigenvalue weighted by Crippen LogP contribution is -2.47. The first kappa shape index (κ1) is 21.7. The van der Waals surface area contributed by atoms with E-state index in [0.717, 1.165) is 65.8 Å². The summed E-state index contributed by atoms with van der Waals surface area (Å²) in [6, 6.07) is 6.68. The van der Waals surface area contributed by atoms with Gasteiger partial charge in [-0.05, 0) is 70.2 Å². The summed E-state index contributed by atoms with van der Waals surface area (Å²) >= 11 is 1.57. The molecule has 0 bridgehead atoms. The lowest BCUT2D eigenvalue weighted by molar-refractivity contribution is 0.0927. The molecule has 4 rings (SSSR count). The zero-order valence-electron chi connectivity index (χ0n) is 18.6. The largest absolute Gasteiger partial charge is 0.317 e. The smallest absolute Gasteiger partial charge is 0.191 e. The maximum atomic E-state index is 13.6. The van der Waals surface area contributed by atoms with E-state index >= 15 is 0 Å². The summed E-state index contributed by atoms with van der Waals surface area (Å²) < 4.78 is 0. The van der Waals surface area contributed by atoms with Gasteiger partial charge in [-0.1, -0.05) is 43.9 Å². The van der Waals surface area contributed by atoms with Crippen molar-refractivity contribution in [2.24, 2.45) is 5.92 Å². The molecule has 2 N–H and O–H groups in total. The van der Waals surface area contributed by atoms with Gasteiger partial charge in [0.25, 0.3) is 0 Å². The Morgan fingerprint density at radius 1 is 1.20 bits per heavy atom. The Balaban J connectivity index is 1.53. The molecule has 1 aromatic heterocycles. The van der Waals surface area contributed by atoms with E-state index in [0.29, 0.717) is 6.04 Å². The van der Waals surface area contributed by atoms with Gasteiger partial charge < -0.3 is 10.6 Å². The Morgan fingerprint density at radius 2 is 1.97 bits per heavy atom. The fourth-order valence-electron chi connectivity index (χ4n) is 4.46. The Bertz CT molecular complexity index is 881. The van der Waals surface area contributed by atoms with Crippen molar-refractivity contribution in [2.45, 2.75) is 77.8 Å². The Hall–Kier alpha value is -1.56. The van der Waals surface area contributed by atoms with Gasteiger partial charge in [-0.3, -0.25) is 4.79 Å². The van der Waals surface area contributed by atoms with Crippen LogP contribution in [0.3, 0.4) is 0 Å². The van der Waals surface area contributed by atoms with Crippen LogP contribution in [0.1, 0.15) is 71.4 Å². The number of carbonyl (C=O) groups excluding carboxylic acids is 1. The molecular weight excluding hydrogens is 390 g/mol. The number of piperidine rings is 1. The summed E-state index contributed by atoms with van der Waals surface area (Å²) in [6.07, 6.45) is 8.31. The first-order valence-corrected chi connectivity index (χ1v) is 12.4. The molecule has 1 unspecified atom stereocenters. The summed E-state index contributed by atoms with van der Waals surface area (Å²) in [5.41, 5.74) is 4.54. The second-order valence-corrected chi connectivity index (χ2v) is 10.2. The molecule has 1 atom stereocenters. The van der Waals surface area contributed by atoms with Gasteiger partial charge in [-0.15, -0.1) is 11.3 Å². The number of aromatic nitrogens is 1. The Morgan fingerprint density at radius 3 is 2.70 bits per heavy atom. The van der Waals surface area contributed by atoms with Gasteiger partial charge in [0.1, 0.15) is 5.01 Å². The van der Waals surface area contributed by atoms with Crippen molar-refractivity contribution in [3.05, 3.63) is 39.9 Å². The standard InChI is InChI=1S/C25H35N3OS/c1-16-6-4-8-21(17(16)2)25-27-18(3)24(30-25)23(29)22(9-5-7-19-10-11-19)28-20-12-14-26-15-13-20/h4,6,8,19-20,22,26,28H,5,7,9-15H2,1-3H3. The molecule has 0 spiro atoms. The molecule has 2 aromatic rings. The van der Waals surface area contributed by atoms with Crippen molar-refractivity contribution < 1.29 is 4.79 Å². The van der Waals surface area contributed by atoms with Crippen LogP contribution < -0.4 is 10.6 Å². The van der Waals surface area contributed by atoms with Crippen LogP contribution in [0.25, 0.3) is 10.6 Å². The van der Waals surface area contributed by atoms with E-state index in [1.807, 2.05) is 6.92 Å². The minimum atomic E-state index is -0.0857. The number of thiazole rings is 1. The number of hydrogen-bond donors (Lipinski definition) is 2. The Kier molecular flexibility index (Phi) is 7.01. The van der Waals surface area contributed by atoms with E-state index < -0.39 is 0 Å². The number of aryl methyl sites for hydroxylation is 2. The zero-order valence-corrected chi connectivity index (χ0v) is 19.4. The van der Waals surface area contributed by atoms with Crippen LogP contribution in [0.2, 0.25) is 0 Å². The van der Waals surface area contributed by atoms with Gasteiger partial charge in [-0.2, -0.15) is 0 Å². The second kappa shape index (κ2) is 9.71. The predicted octanol–water partition coefficient (Wildman–Crippen LogP) is 5.21. The van der Waals surface area contributed by atoms with Gasteiger partial charge in [0, 0.05) is 11.6 Å². The van der Waals surface area contributed by atoms with E-state index in [9.17, 15) is 4.79 Å². The van der Waals surface area contributed by atoms with Crippen molar-refractivity contribution >= 4 is 17.1 Å². The third-order valence-electron chi connectivity index (χ3n) is 6.75. The molecule has 2 fully saturated rings. The molecule has 1 saturated carbocycles. The lowest BCUT2D eigenvalue weighted by atomic mass is 9.98. The molecule has 1 aliphatic carbocycles. The van der Waals surface area contributed by atoms with E-state index in [-0.39, 0.29) is 11.8 Å². The molecule has 5 heteroatoms. The summed E-state index contributed by atoms with van der Waals surface area (Å²) in [6.45, 7) is 8.34. The third kappa shape index (κ3) is 5.19. The van der Waals surface area contributed by atoms with Crippen molar-refractivity contribution in [3.8, 4) is 10.6 Å². The molecule has 0 radical (unpaired) electrons. The highest BCUT2D eigenvalue weighted by molar-refractivity contribution is 7.17. The maximum absolute atomic E-state index is 13.6. The average molecular weight is 426 g/mol. The number of ketones is 1. The van der Waals surface area contributed by atoms with Crippen molar-refractivity contribution in [1.82, 2.24) is 15.6 Å². The first-order valence-electron chi connectivity index (χ1n) is 11.6. The summed E-state index contributed by atoms with van der Waals surface area (Å²) in [5.74, 6) is 1.16. The summed E-state index contributed by atoms with van der Waals surface area (Å²) in [5, 5.41) is 8.13. The monoisotopic (exact) mass is 425 g/mol. The van der Waals surface area contributed by atoms with Gasteiger partial charge in [0.2, 0.25) is 0 Å². The number of hydrogen-bond acceptors (Lipinski definition) is 5. The number of Topliss-reactive ketones (excluding diaryl/α,β-unsaturated/α-hetero) is 1. The molecule has 1 aromatic carbocycles. The summed E-state index contributed by atoms with van der Waals surface area (Å²) in [7, 11) is 0. The van der Waals surface area contributed by atoms with Gasteiger partial charge >= 0.3 is 0 Å². The van der Waals surface area contributed by atoms with Crippen LogP contribution in [0.15, 0.2) is 18.2 Å². The van der Waals surface area contributed by atoms with Crippen LogP contribution >= 0.6 is 11.3 Å². The molecule has 1 saturated heterocycles. The predicted molar refractivity (Wildman–Crippen MR) is 125 cm³/mol. The van der Waals surface area contributed by atoms with E-state index in [1.165, 1.54) is 30.4 Å². The normalized spacial score (nSPS) is 18.5. The van der Waals surface area contributed by atoms with Crippen LogP contribution in [0.5, 0.6) is 0 Å². The lowest BCUT2D eigenvalue weighted by Gasteiger charge is -2.28. The molecular formula is C25H35N3OS. The summed E-state index contributed by atoms with van der Waals surface area (Å²) in [4.78, 5) is 19.3. The molecule has 2 heterocycles. The second-order valence-electron chi connectivity index (χ2n) is 9.16. The highest BCUT2D eigenvalue weighted by Gasteiger charge is 2.29. The molecule has 162 valence electrons. The SMILES string of the molecule is Cc1cccc(-c2nc(C)c(C(=O)C(CCCC3CC3)NC3CCNCC3)s2)c1C. The Labute approximate surface area is 184 Å². The van der Waals surface area contributed by atoms with E-state index in [4.69, 9.17) is 4.98 Å².